The van der Waals surface area contributed by atoms with E-state index >= 15 is 0 Å². The van der Waals surface area contributed by atoms with Crippen LogP contribution in [-0.2, 0) is 11.3 Å². The van der Waals surface area contributed by atoms with E-state index in [-0.39, 0.29) is 12.0 Å². The number of hydrogen-bond donors (Lipinski definition) is 0. The molecule has 1 unspecified atom stereocenters. The maximum Gasteiger partial charge on any atom is 0.255 e. The van der Waals surface area contributed by atoms with Gasteiger partial charge in [-0.3, -0.25) is 9.69 Å². The van der Waals surface area contributed by atoms with E-state index in [4.69, 9.17) is 14.0 Å². The Morgan fingerprint density at radius 1 is 1.22 bits per heavy atom. The summed E-state index contributed by atoms with van der Waals surface area (Å²) >= 11 is 0. The van der Waals surface area contributed by atoms with Crippen molar-refractivity contribution < 1.29 is 18.8 Å². The molecule has 4 rings (SSSR count). The molecule has 0 saturated carbocycles. The first-order chi connectivity index (χ1) is 13.2. The average molecular weight is 372 g/mol. The van der Waals surface area contributed by atoms with E-state index in [1.54, 1.807) is 19.2 Å². The highest BCUT2D eigenvalue weighted by atomic mass is 16.5. The minimum absolute atomic E-state index is 0.0507. The van der Waals surface area contributed by atoms with Crippen molar-refractivity contribution in [3.63, 3.8) is 0 Å². The van der Waals surface area contributed by atoms with Gasteiger partial charge >= 0.3 is 0 Å². The molecular formula is C19H24N4O4. The second-order valence-electron chi connectivity index (χ2n) is 6.85. The predicted molar refractivity (Wildman–Crippen MR) is 96.4 cm³/mol. The molecular weight excluding hydrogens is 348 g/mol. The third-order valence-corrected chi connectivity index (χ3v) is 5.05. The molecule has 27 heavy (non-hydrogen) atoms. The molecule has 8 heteroatoms. The van der Waals surface area contributed by atoms with Crippen LogP contribution in [0.1, 0.15) is 41.0 Å². The molecule has 144 valence electrons. The van der Waals surface area contributed by atoms with E-state index in [1.165, 1.54) is 0 Å². The van der Waals surface area contributed by atoms with Crippen molar-refractivity contribution in [2.45, 2.75) is 25.5 Å². The summed E-state index contributed by atoms with van der Waals surface area (Å²) in [4.78, 5) is 21.2. The highest BCUT2D eigenvalue weighted by molar-refractivity contribution is 5.94. The largest absolute Gasteiger partial charge is 0.497 e. The first-order valence-corrected chi connectivity index (χ1v) is 9.32. The van der Waals surface area contributed by atoms with Gasteiger partial charge in [0.1, 0.15) is 11.9 Å². The molecule has 8 nitrogen and oxygen atoms in total. The van der Waals surface area contributed by atoms with Crippen LogP contribution < -0.4 is 4.74 Å². The third-order valence-electron chi connectivity index (χ3n) is 5.05. The van der Waals surface area contributed by atoms with Crippen LogP contribution in [0.4, 0.5) is 0 Å². The minimum Gasteiger partial charge on any atom is -0.497 e. The highest BCUT2D eigenvalue weighted by Gasteiger charge is 2.26. The number of carbonyl (C=O) groups is 1. The predicted octanol–water partition coefficient (Wildman–Crippen LogP) is 1.89. The lowest BCUT2D eigenvalue weighted by Gasteiger charge is -2.34. The van der Waals surface area contributed by atoms with Crippen LogP contribution in [0.5, 0.6) is 5.75 Å². The molecule has 0 spiro atoms. The molecule has 2 aliphatic heterocycles. The van der Waals surface area contributed by atoms with Gasteiger partial charge in [0.2, 0.25) is 0 Å². The summed E-state index contributed by atoms with van der Waals surface area (Å²) in [7, 11) is 1.61. The standard InChI is InChI=1S/C19H24N4O4/c1-25-15-6-4-14(5-7-15)19(24)23-10-8-22(9-11-23)13-17-20-18(27-21-17)16-3-2-12-26-16/h4-7,16H,2-3,8-13H2,1H3. The fourth-order valence-electron chi connectivity index (χ4n) is 3.46. The Labute approximate surface area is 158 Å². The van der Waals surface area contributed by atoms with Gasteiger partial charge in [-0.05, 0) is 37.1 Å². The molecule has 2 aliphatic rings. The van der Waals surface area contributed by atoms with Gasteiger partial charge in [-0.15, -0.1) is 0 Å². The summed E-state index contributed by atoms with van der Waals surface area (Å²) in [6, 6.07) is 7.23. The van der Waals surface area contributed by atoms with Crippen molar-refractivity contribution in [1.82, 2.24) is 19.9 Å². The van der Waals surface area contributed by atoms with Crippen molar-refractivity contribution in [3.8, 4) is 5.75 Å². The first kappa shape index (κ1) is 17.9. The smallest absolute Gasteiger partial charge is 0.255 e. The van der Waals surface area contributed by atoms with Crippen LogP contribution in [0.2, 0.25) is 0 Å². The fraction of sp³-hybridized carbons (Fsp3) is 0.526. The molecule has 1 aromatic carbocycles. The van der Waals surface area contributed by atoms with Gasteiger partial charge in [-0.1, -0.05) is 5.16 Å². The molecule has 3 heterocycles. The normalized spacial score (nSPS) is 20.8. The van der Waals surface area contributed by atoms with Gasteiger partial charge in [-0.25, -0.2) is 0 Å². The Balaban J connectivity index is 1.29. The molecule has 2 saturated heterocycles. The summed E-state index contributed by atoms with van der Waals surface area (Å²) < 4.78 is 16.1. The molecule has 2 aromatic rings. The van der Waals surface area contributed by atoms with E-state index in [0.717, 1.165) is 38.3 Å². The Morgan fingerprint density at radius 2 is 2.00 bits per heavy atom. The monoisotopic (exact) mass is 372 g/mol. The maximum atomic E-state index is 12.6. The highest BCUT2D eigenvalue weighted by Crippen LogP contribution is 2.27. The van der Waals surface area contributed by atoms with Gasteiger partial charge in [-0.2, -0.15) is 4.98 Å². The average Bonchev–Trinajstić information content (AvgIpc) is 3.40. The van der Waals surface area contributed by atoms with E-state index in [9.17, 15) is 4.79 Å². The number of hydrogen-bond acceptors (Lipinski definition) is 7. The number of piperazine rings is 1. The Bertz CT molecular complexity index is 762. The lowest BCUT2D eigenvalue weighted by Crippen LogP contribution is -2.48. The Hall–Kier alpha value is -2.45. The SMILES string of the molecule is COc1ccc(C(=O)N2CCN(Cc3noc(C4CCCO4)n3)CC2)cc1. The number of nitrogens with zero attached hydrogens (tertiary/aromatic N) is 4. The van der Waals surface area contributed by atoms with Crippen molar-refractivity contribution in [1.29, 1.82) is 0 Å². The van der Waals surface area contributed by atoms with E-state index in [2.05, 4.69) is 15.0 Å². The van der Waals surface area contributed by atoms with Crippen LogP contribution in [0.25, 0.3) is 0 Å². The summed E-state index contributed by atoms with van der Waals surface area (Å²) in [5.41, 5.74) is 0.684. The topological polar surface area (TPSA) is 80.9 Å². The Morgan fingerprint density at radius 3 is 2.67 bits per heavy atom. The number of ether oxygens (including phenoxy) is 2. The van der Waals surface area contributed by atoms with E-state index < -0.39 is 0 Å². The van der Waals surface area contributed by atoms with E-state index in [0.29, 0.717) is 36.9 Å². The minimum atomic E-state index is -0.0507. The van der Waals surface area contributed by atoms with Gasteiger partial charge < -0.3 is 18.9 Å². The number of methoxy groups -OCH3 is 1. The second-order valence-corrected chi connectivity index (χ2v) is 6.85. The molecule has 1 amide bonds. The van der Waals surface area contributed by atoms with Crippen LogP contribution in [-0.4, -0.2) is 65.7 Å². The lowest BCUT2D eigenvalue weighted by molar-refractivity contribution is 0.0624. The van der Waals surface area contributed by atoms with Crippen molar-refractivity contribution in [2.75, 3.05) is 39.9 Å². The van der Waals surface area contributed by atoms with E-state index in [1.807, 2.05) is 17.0 Å². The Kier molecular flexibility index (Phi) is 5.35. The van der Waals surface area contributed by atoms with Gasteiger partial charge in [0, 0.05) is 38.3 Å². The quantitative estimate of drug-likeness (QED) is 0.793. The van der Waals surface area contributed by atoms with Crippen molar-refractivity contribution in [2.24, 2.45) is 0 Å². The van der Waals surface area contributed by atoms with Gasteiger partial charge in [0.25, 0.3) is 11.8 Å². The molecule has 0 aliphatic carbocycles. The van der Waals surface area contributed by atoms with Crippen molar-refractivity contribution in [3.05, 3.63) is 41.5 Å². The molecule has 0 radical (unpaired) electrons. The molecule has 1 atom stereocenters. The lowest BCUT2D eigenvalue weighted by atomic mass is 10.1. The van der Waals surface area contributed by atoms with Gasteiger partial charge in [0.05, 0.1) is 13.7 Å². The fourth-order valence-corrected chi connectivity index (χ4v) is 3.46. The zero-order valence-corrected chi connectivity index (χ0v) is 15.5. The second kappa shape index (κ2) is 8.06. The number of benzene rings is 1. The first-order valence-electron chi connectivity index (χ1n) is 9.32. The third kappa shape index (κ3) is 4.12. The summed E-state index contributed by atoms with van der Waals surface area (Å²) in [5, 5.41) is 4.07. The molecule has 0 bridgehead atoms. The van der Waals surface area contributed by atoms with Crippen LogP contribution >= 0.6 is 0 Å². The number of carbonyl (C=O) groups excluding carboxylic acids is 1. The van der Waals surface area contributed by atoms with Crippen LogP contribution in [0.15, 0.2) is 28.8 Å². The van der Waals surface area contributed by atoms with Crippen LogP contribution in [0, 0.1) is 0 Å². The molecule has 2 fully saturated rings. The van der Waals surface area contributed by atoms with Crippen molar-refractivity contribution >= 4 is 5.91 Å². The van der Waals surface area contributed by atoms with Gasteiger partial charge in [0.15, 0.2) is 5.82 Å². The zero-order valence-electron chi connectivity index (χ0n) is 15.5. The summed E-state index contributed by atoms with van der Waals surface area (Å²) in [5.74, 6) is 2.06. The summed E-state index contributed by atoms with van der Waals surface area (Å²) in [6.45, 7) is 4.31. The number of aromatic nitrogens is 2. The summed E-state index contributed by atoms with van der Waals surface area (Å²) in [6.07, 6.45) is 1.92. The number of rotatable bonds is 5. The molecule has 0 N–H and O–H groups in total. The number of amides is 1. The maximum absolute atomic E-state index is 12.6. The molecule has 1 aromatic heterocycles. The van der Waals surface area contributed by atoms with Crippen LogP contribution in [0.3, 0.4) is 0 Å². The zero-order chi connectivity index (χ0) is 18.6.